The Balaban J connectivity index is 2.04. The van der Waals surface area contributed by atoms with E-state index in [0.717, 1.165) is 17.1 Å². The molecule has 0 atom stereocenters. The zero-order valence-electron chi connectivity index (χ0n) is 12.5. The Morgan fingerprint density at radius 3 is 2.64 bits per heavy atom. The highest BCUT2D eigenvalue weighted by atomic mass is 35.5. The molecule has 0 spiro atoms. The number of halogens is 2. The van der Waals surface area contributed by atoms with Crippen molar-refractivity contribution >= 4 is 11.6 Å². The average molecular weight is 315 g/mol. The van der Waals surface area contributed by atoms with Crippen molar-refractivity contribution in [1.82, 2.24) is 9.55 Å². The average Bonchev–Trinajstić information content (AvgIpc) is 2.86. The molecule has 2 aromatic carbocycles. The van der Waals surface area contributed by atoms with Crippen LogP contribution >= 0.6 is 11.6 Å². The molecular formula is C18H16ClFN2. The lowest BCUT2D eigenvalue weighted by atomic mass is 10.1. The molecule has 0 amide bonds. The van der Waals surface area contributed by atoms with Gasteiger partial charge in [-0.1, -0.05) is 35.9 Å². The number of imidazole rings is 1. The summed E-state index contributed by atoms with van der Waals surface area (Å²) in [6, 6.07) is 13.0. The number of hydrogen-bond donors (Lipinski definition) is 0. The van der Waals surface area contributed by atoms with Gasteiger partial charge in [0.2, 0.25) is 0 Å². The van der Waals surface area contributed by atoms with E-state index in [1.807, 2.05) is 19.1 Å². The quantitative estimate of drug-likeness (QED) is 0.664. The normalized spacial score (nSPS) is 10.9. The Morgan fingerprint density at radius 2 is 1.91 bits per heavy atom. The fraction of sp³-hybridized carbons (Fsp3) is 0.167. The zero-order chi connectivity index (χ0) is 15.7. The van der Waals surface area contributed by atoms with Crippen molar-refractivity contribution in [3.8, 4) is 11.4 Å². The van der Waals surface area contributed by atoms with E-state index in [-0.39, 0.29) is 5.02 Å². The summed E-state index contributed by atoms with van der Waals surface area (Å²) in [6.45, 7) is 4.79. The van der Waals surface area contributed by atoms with Crippen LogP contribution in [0.2, 0.25) is 5.02 Å². The van der Waals surface area contributed by atoms with Crippen LogP contribution in [-0.2, 0) is 6.54 Å². The molecule has 0 aliphatic carbocycles. The van der Waals surface area contributed by atoms with Gasteiger partial charge in [-0.3, -0.25) is 0 Å². The second-order valence-corrected chi connectivity index (χ2v) is 5.77. The molecule has 0 fully saturated rings. The lowest BCUT2D eigenvalue weighted by Crippen LogP contribution is -2.05. The van der Waals surface area contributed by atoms with Crippen molar-refractivity contribution in [2.24, 2.45) is 0 Å². The number of benzene rings is 2. The molecule has 0 saturated heterocycles. The summed E-state index contributed by atoms with van der Waals surface area (Å²) >= 11 is 5.76. The number of rotatable bonds is 3. The molecule has 0 bridgehead atoms. The van der Waals surface area contributed by atoms with Gasteiger partial charge in [0.05, 0.1) is 5.02 Å². The summed E-state index contributed by atoms with van der Waals surface area (Å²) in [4.78, 5) is 4.44. The van der Waals surface area contributed by atoms with Gasteiger partial charge in [0.1, 0.15) is 11.6 Å². The van der Waals surface area contributed by atoms with Crippen LogP contribution in [0.4, 0.5) is 4.39 Å². The lowest BCUT2D eigenvalue weighted by Gasteiger charge is -2.12. The molecule has 2 nitrogen and oxygen atoms in total. The Morgan fingerprint density at radius 1 is 1.14 bits per heavy atom. The first-order valence-electron chi connectivity index (χ1n) is 7.08. The highest BCUT2D eigenvalue weighted by molar-refractivity contribution is 6.30. The van der Waals surface area contributed by atoms with Crippen molar-refractivity contribution in [1.29, 1.82) is 0 Å². The Labute approximate surface area is 134 Å². The molecule has 1 aromatic heterocycles. The van der Waals surface area contributed by atoms with E-state index in [0.29, 0.717) is 6.54 Å². The van der Waals surface area contributed by atoms with Crippen molar-refractivity contribution in [2.45, 2.75) is 20.4 Å². The third-order valence-corrected chi connectivity index (χ3v) is 4.13. The number of aromatic nitrogens is 2. The van der Waals surface area contributed by atoms with Gasteiger partial charge in [-0.05, 0) is 43.2 Å². The maximum atomic E-state index is 13.7. The molecule has 3 aromatic rings. The Hall–Kier alpha value is -2.13. The maximum Gasteiger partial charge on any atom is 0.142 e. The Bertz CT molecular complexity index is 824. The SMILES string of the molecule is Cc1ccccc1Cn1c(C)cnc1-c1ccc(Cl)c(F)c1. The fourth-order valence-corrected chi connectivity index (χ4v) is 2.60. The predicted octanol–water partition coefficient (Wildman–Crippen LogP) is 5.01. The fourth-order valence-electron chi connectivity index (χ4n) is 2.48. The van der Waals surface area contributed by atoms with E-state index in [2.05, 4.69) is 28.6 Å². The first-order valence-corrected chi connectivity index (χ1v) is 7.46. The van der Waals surface area contributed by atoms with Crippen LogP contribution in [0, 0.1) is 19.7 Å². The van der Waals surface area contributed by atoms with Crippen molar-refractivity contribution in [2.75, 3.05) is 0 Å². The summed E-state index contributed by atoms with van der Waals surface area (Å²) in [5.74, 6) is 0.318. The topological polar surface area (TPSA) is 17.8 Å². The van der Waals surface area contributed by atoms with E-state index >= 15 is 0 Å². The van der Waals surface area contributed by atoms with Crippen LogP contribution in [0.5, 0.6) is 0 Å². The van der Waals surface area contributed by atoms with Gasteiger partial charge in [0.25, 0.3) is 0 Å². The zero-order valence-corrected chi connectivity index (χ0v) is 13.2. The maximum absolute atomic E-state index is 13.7. The second kappa shape index (κ2) is 5.93. The van der Waals surface area contributed by atoms with E-state index in [4.69, 9.17) is 11.6 Å². The minimum atomic E-state index is -0.428. The van der Waals surface area contributed by atoms with Crippen LogP contribution in [0.1, 0.15) is 16.8 Å². The minimum Gasteiger partial charge on any atom is -0.324 e. The molecule has 3 rings (SSSR count). The summed E-state index contributed by atoms with van der Waals surface area (Å²) in [5, 5.41) is 0.123. The molecule has 0 aliphatic rings. The molecule has 4 heteroatoms. The molecule has 0 aliphatic heterocycles. The lowest BCUT2D eigenvalue weighted by molar-refractivity contribution is 0.628. The molecule has 112 valence electrons. The molecule has 0 radical (unpaired) electrons. The molecule has 0 unspecified atom stereocenters. The van der Waals surface area contributed by atoms with Crippen LogP contribution in [0.15, 0.2) is 48.7 Å². The highest BCUT2D eigenvalue weighted by Crippen LogP contribution is 2.25. The molecular weight excluding hydrogens is 299 g/mol. The smallest absolute Gasteiger partial charge is 0.142 e. The van der Waals surface area contributed by atoms with Crippen LogP contribution < -0.4 is 0 Å². The van der Waals surface area contributed by atoms with Gasteiger partial charge in [0.15, 0.2) is 0 Å². The van der Waals surface area contributed by atoms with Gasteiger partial charge in [-0.15, -0.1) is 0 Å². The number of nitrogens with zero attached hydrogens (tertiary/aromatic N) is 2. The van der Waals surface area contributed by atoms with Gasteiger partial charge in [-0.25, -0.2) is 9.37 Å². The third kappa shape index (κ3) is 2.77. The van der Waals surface area contributed by atoms with Crippen LogP contribution in [-0.4, -0.2) is 9.55 Å². The summed E-state index contributed by atoms with van der Waals surface area (Å²) in [6.07, 6.45) is 1.81. The molecule has 0 saturated carbocycles. The van der Waals surface area contributed by atoms with Crippen molar-refractivity contribution in [3.05, 3.63) is 76.3 Å². The predicted molar refractivity (Wildman–Crippen MR) is 87.6 cm³/mol. The standard InChI is InChI=1S/C18H16ClFN2/c1-12-5-3-4-6-15(12)11-22-13(2)10-21-18(22)14-7-8-16(19)17(20)9-14/h3-10H,11H2,1-2H3. The molecule has 0 N–H and O–H groups in total. The summed E-state index contributed by atoms with van der Waals surface area (Å²) in [7, 11) is 0. The van der Waals surface area contributed by atoms with Gasteiger partial charge in [0, 0.05) is 24.0 Å². The summed E-state index contributed by atoms with van der Waals surface area (Å²) < 4.78 is 15.8. The highest BCUT2D eigenvalue weighted by Gasteiger charge is 2.12. The van der Waals surface area contributed by atoms with E-state index in [9.17, 15) is 4.39 Å². The van der Waals surface area contributed by atoms with Crippen molar-refractivity contribution in [3.63, 3.8) is 0 Å². The van der Waals surface area contributed by atoms with E-state index in [1.54, 1.807) is 18.3 Å². The van der Waals surface area contributed by atoms with Crippen LogP contribution in [0.25, 0.3) is 11.4 Å². The Kier molecular flexibility index (Phi) is 3.99. The minimum absolute atomic E-state index is 0.123. The van der Waals surface area contributed by atoms with E-state index in [1.165, 1.54) is 17.2 Å². The first kappa shape index (κ1) is 14.8. The van der Waals surface area contributed by atoms with Gasteiger partial charge >= 0.3 is 0 Å². The summed E-state index contributed by atoms with van der Waals surface area (Å²) in [5.41, 5.74) is 4.21. The van der Waals surface area contributed by atoms with E-state index < -0.39 is 5.82 Å². The molecule has 22 heavy (non-hydrogen) atoms. The van der Waals surface area contributed by atoms with Crippen LogP contribution in [0.3, 0.4) is 0 Å². The largest absolute Gasteiger partial charge is 0.324 e. The monoisotopic (exact) mass is 314 g/mol. The van der Waals surface area contributed by atoms with Gasteiger partial charge < -0.3 is 4.57 Å². The molecule has 1 heterocycles. The van der Waals surface area contributed by atoms with Crippen molar-refractivity contribution < 1.29 is 4.39 Å². The second-order valence-electron chi connectivity index (χ2n) is 5.36. The van der Waals surface area contributed by atoms with Gasteiger partial charge in [-0.2, -0.15) is 0 Å². The first-order chi connectivity index (χ1) is 10.6. The number of aryl methyl sites for hydroxylation is 2. The third-order valence-electron chi connectivity index (χ3n) is 3.82. The number of hydrogen-bond acceptors (Lipinski definition) is 1.